The van der Waals surface area contributed by atoms with Crippen LogP contribution in [0.1, 0.15) is 44.7 Å². The van der Waals surface area contributed by atoms with Crippen LogP contribution in [0.5, 0.6) is 0 Å². The van der Waals surface area contributed by atoms with Crippen LogP contribution in [0.4, 0.5) is 4.39 Å². The largest absolute Gasteiger partial charge is 0.340 e. The Morgan fingerprint density at radius 1 is 1.38 bits per heavy atom. The second-order valence-electron chi connectivity index (χ2n) is 5.81. The van der Waals surface area contributed by atoms with Gasteiger partial charge in [0.1, 0.15) is 5.82 Å². The van der Waals surface area contributed by atoms with Gasteiger partial charge < -0.3 is 10.2 Å². The van der Waals surface area contributed by atoms with E-state index in [2.05, 4.69) is 19.2 Å². The van der Waals surface area contributed by atoms with Gasteiger partial charge in [0.25, 0.3) is 0 Å². The minimum absolute atomic E-state index is 0.134. The van der Waals surface area contributed by atoms with Crippen molar-refractivity contribution in [2.75, 3.05) is 19.6 Å². The number of nitrogens with zero attached hydrogens (tertiary/aromatic N) is 1. The number of likely N-dealkylation sites (tertiary alicyclic amines) is 1. The van der Waals surface area contributed by atoms with Gasteiger partial charge in [0.2, 0.25) is 5.91 Å². The summed E-state index contributed by atoms with van der Waals surface area (Å²) >= 11 is 0. The molecule has 0 saturated carbocycles. The van der Waals surface area contributed by atoms with Crippen molar-refractivity contribution in [1.82, 2.24) is 10.2 Å². The Bertz CT molecular complexity index is 478. The van der Waals surface area contributed by atoms with Crippen molar-refractivity contribution in [2.45, 2.75) is 39.2 Å². The van der Waals surface area contributed by atoms with Gasteiger partial charge in [-0.1, -0.05) is 38.5 Å². The Labute approximate surface area is 126 Å². The lowest BCUT2D eigenvalue weighted by Gasteiger charge is -2.26. The molecular formula is C17H25FN2O. The lowest BCUT2D eigenvalue weighted by atomic mass is 10.1. The van der Waals surface area contributed by atoms with Gasteiger partial charge in [-0.2, -0.15) is 0 Å². The van der Waals surface area contributed by atoms with Crippen LogP contribution in [0.15, 0.2) is 24.3 Å². The maximum atomic E-state index is 14.0. The molecule has 21 heavy (non-hydrogen) atoms. The number of carbonyl (C=O) groups excluding carboxylic acids is 1. The second kappa shape index (κ2) is 7.55. The zero-order valence-corrected chi connectivity index (χ0v) is 12.9. The number of hydrogen-bond donors (Lipinski definition) is 1. The molecule has 1 amide bonds. The summed E-state index contributed by atoms with van der Waals surface area (Å²) in [5.41, 5.74) is 0.652. The highest BCUT2D eigenvalue weighted by Gasteiger charge is 2.30. The first kappa shape index (κ1) is 16.0. The van der Waals surface area contributed by atoms with Crippen molar-refractivity contribution in [3.8, 4) is 0 Å². The summed E-state index contributed by atoms with van der Waals surface area (Å²) in [7, 11) is 0. The van der Waals surface area contributed by atoms with Crippen LogP contribution in [0, 0.1) is 11.7 Å². The van der Waals surface area contributed by atoms with Crippen molar-refractivity contribution in [1.29, 1.82) is 0 Å². The predicted molar refractivity (Wildman–Crippen MR) is 82.4 cm³/mol. The summed E-state index contributed by atoms with van der Waals surface area (Å²) in [6.45, 7) is 6.37. The van der Waals surface area contributed by atoms with Gasteiger partial charge in [-0.3, -0.25) is 4.79 Å². The summed E-state index contributed by atoms with van der Waals surface area (Å²) in [5, 5.41) is 3.37. The molecule has 0 aromatic heterocycles. The highest BCUT2D eigenvalue weighted by molar-refractivity contribution is 5.78. The van der Waals surface area contributed by atoms with E-state index in [4.69, 9.17) is 0 Å². The molecule has 0 aliphatic carbocycles. The number of nitrogens with one attached hydrogen (secondary N) is 1. The summed E-state index contributed by atoms with van der Waals surface area (Å²) in [4.78, 5) is 14.0. The highest BCUT2D eigenvalue weighted by atomic mass is 19.1. The molecule has 1 N–H and O–H groups in total. The van der Waals surface area contributed by atoms with Crippen LogP contribution < -0.4 is 5.32 Å². The molecule has 0 bridgehead atoms. The standard InChI is InChI=1S/C17H25FN2O/c1-3-9-19-16(14-7-5-6-8-15(14)18)12-20-11-13(4-2)10-17(20)21/h5-8,13,16,19H,3-4,9-12H2,1-2H3. The zero-order chi connectivity index (χ0) is 15.2. The van der Waals surface area contributed by atoms with E-state index in [9.17, 15) is 9.18 Å². The topological polar surface area (TPSA) is 32.3 Å². The fourth-order valence-corrected chi connectivity index (χ4v) is 2.87. The van der Waals surface area contributed by atoms with Crippen LogP contribution in [0.2, 0.25) is 0 Å². The van der Waals surface area contributed by atoms with Crippen LogP contribution in [0.3, 0.4) is 0 Å². The monoisotopic (exact) mass is 292 g/mol. The fraction of sp³-hybridized carbons (Fsp3) is 0.588. The maximum absolute atomic E-state index is 14.0. The molecule has 0 radical (unpaired) electrons. The molecule has 1 aliphatic heterocycles. The first-order chi connectivity index (χ1) is 10.2. The molecule has 2 rings (SSSR count). The molecule has 4 heteroatoms. The van der Waals surface area contributed by atoms with Gasteiger partial charge in [0, 0.05) is 25.1 Å². The van der Waals surface area contributed by atoms with Gasteiger partial charge in [-0.15, -0.1) is 0 Å². The van der Waals surface area contributed by atoms with Crippen LogP contribution >= 0.6 is 0 Å². The smallest absolute Gasteiger partial charge is 0.222 e. The number of benzene rings is 1. The van der Waals surface area contributed by atoms with Crippen molar-refractivity contribution in [3.63, 3.8) is 0 Å². The highest BCUT2D eigenvalue weighted by Crippen LogP contribution is 2.24. The van der Waals surface area contributed by atoms with Gasteiger partial charge in [-0.05, 0) is 24.9 Å². The summed E-state index contributed by atoms with van der Waals surface area (Å²) < 4.78 is 14.0. The number of halogens is 1. The molecular weight excluding hydrogens is 267 g/mol. The zero-order valence-electron chi connectivity index (χ0n) is 12.9. The number of rotatable bonds is 7. The van der Waals surface area contributed by atoms with E-state index in [-0.39, 0.29) is 17.8 Å². The minimum Gasteiger partial charge on any atom is -0.340 e. The second-order valence-corrected chi connectivity index (χ2v) is 5.81. The van der Waals surface area contributed by atoms with Gasteiger partial charge in [0.05, 0.1) is 6.04 Å². The van der Waals surface area contributed by atoms with Gasteiger partial charge >= 0.3 is 0 Å². The molecule has 2 atom stereocenters. The fourth-order valence-electron chi connectivity index (χ4n) is 2.87. The predicted octanol–water partition coefficient (Wildman–Crippen LogP) is 3.12. The van der Waals surface area contributed by atoms with E-state index in [1.165, 1.54) is 6.07 Å². The van der Waals surface area contributed by atoms with E-state index < -0.39 is 0 Å². The third-order valence-corrected chi connectivity index (χ3v) is 4.20. The molecule has 2 unspecified atom stereocenters. The van der Waals surface area contributed by atoms with Crippen molar-refractivity contribution in [2.24, 2.45) is 5.92 Å². The Morgan fingerprint density at radius 2 is 2.14 bits per heavy atom. The van der Waals surface area contributed by atoms with E-state index in [0.29, 0.717) is 24.4 Å². The Morgan fingerprint density at radius 3 is 2.76 bits per heavy atom. The van der Waals surface area contributed by atoms with E-state index in [1.807, 2.05) is 11.0 Å². The van der Waals surface area contributed by atoms with E-state index in [0.717, 1.165) is 25.9 Å². The van der Waals surface area contributed by atoms with E-state index in [1.54, 1.807) is 12.1 Å². The first-order valence-corrected chi connectivity index (χ1v) is 7.91. The number of amides is 1. The SMILES string of the molecule is CCCNC(CN1CC(CC)CC1=O)c1ccccc1F. The van der Waals surface area contributed by atoms with Crippen molar-refractivity contribution >= 4 is 5.91 Å². The third-order valence-electron chi connectivity index (χ3n) is 4.20. The van der Waals surface area contributed by atoms with Crippen LogP contribution in [0.25, 0.3) is 0 Å². The lowest BCUT2D eigenvalue weighted by molar-refractivity contribution is -0.128. The van der Waals surface area contributed by atoms with Crippen molar-refractivity contribution < 1.29 is 9.18 Å². The third kappa shape index (κ3) is 4.03. The molecule has 1 aromatic carbocycles. The Balaban J connectivity index is 2.10. The minimum atomic E-state index is -0.204. The quantitative estimate of drug-likeness (QED) is 0.837. The van der Waals surface area contributed by atoms with Crippen LogP contribution in [-0.2, 0) is 4.79 Å². The first-order valence-electron chi connectivity index (χ1n) is 7.91. The number of hydrogen-bond acceptors (Lipinski definition) is 2. The molecule has 1 fully saturated rings. The van der Waals surface area contributed by atoms with Gasteiger partial charge in [0.15, 0.2) is 0 Å². The summed E-state index contributed by atoms with van der Waals surface area (Å²) in [6, 6.07) is 6.70. The molecule has 1 aromatic rings. The summed E-state index contributed by atoms with van der Waals surface area (Å²) in [6.07, 6.45) is 2.64. The summed E-state index contributed by atoms with van der Waals surface area (Å²) in [5.74, 6) is 0.441. The van der Waals surface area contributed by atoms with Crippen molar-refractivity contribution in [3.05, 3.63) is 35.6 Å². The molecule has 3 nitrogen and oxygen atoms in total. The molecule has 0 spiro atoms. The molecule has 1 saturated heterocycles. The Kier molecular flexibility index (Phi) is 5.74. The Hall–Kier alpha value is -1.42. The van der Waals surface area contributed by atoms with Crippen LogP contribution in [-0.4, -0.2) is 30.4 Å². The molecule has 1 aliphatic rings. The average molecular weight is 292 g/mol. The molecule has 116 valence electrons. The molecule has 1 heterocycles. The normalized spacial score (nSPS) is 20.0. The lowest BCUT2D eigenvalue weighted by Crippen LogP contribution is -2.37. The average Bonchev–Trinajstić information content (AvgIpc) is 2.84. The van der Waals surface area contributed by atoms with E-state index >= 15 is 0 Å². The maximum Gasteiger partial charge on any atom is 0.222 e. The number of carbonyl (C=O) groups is 1. The van der Waals surface area contributed by atoms with Gasteiger partial charge in [-0.25, -0.2) is 4.39 Å².